The van der Waals surface area contributed by atoms with Crippen molar-refractivity contribution < 1.29 is 23.1 Å². The zero-order valence-corrected chi connectivity index (χ0v) is 19.6. The molecule has 2 aromatic rings. The Morgan fingerprint density at radius 3 is 2.29 bits per heavy atom. The smallest absolute Gasteiger partial charge is 0.273 e. The molecule has 186 valence electrons. The number of carbonyl (C=O) groups is 1. The average molecular weight is 476 g/mol. The van der Waals surface area contributed by atoms with Gasteiger partial charge in [0.1, 0.15) is 12.1 Å². The van der Waals surface area contributed by atoms with Crippen molar-refractivity contribution in [3.05, 3.63) is 53.5 Å². The summed E-state index contributed by atoms with van der Waals surface area (Å²) in [4.78, 5) is 23.7. The Kier molecular flexibility index (Phi) is 9.40. The topological polar surface area (TPSA) is 83.3 Å². The molecule has 0 spiro atoms. The molecule has 0 atom stereocenters. The van der Waals surface area contributed by atoms with Crippen LogP contribution in [0.4, 0.5) is 4.39 Å². The largest absolute Gasteiger partial charge is 0.447 e. The van der Waals surface area contributed by atoms with E-state index < -0.39 is 0 Å². The fraction of sp³-hybridized carbons (Fsp3) is 0.583. The Bertz CT molecular complexity index is 882. The Morgan fingerprint density at radius 2 is 1.62 bits per heavy atom. The van der Waals surface area contributed by atoms with Gasteiger partial charge in [0.15, 0.2) is 5.69 Å². The minimum Gasteiger partial charge on any atom is -0.447 e. The van der Waals surface area contributed by atoms with E-state index in [-0.39, 0.29) is 17.4 Å². The van der Waals surface area contributed by atoms with Crippen molar-refractivity contribution in [3.8, 4) is 0 Å². The van der Waals surface area contributed by atoms with Crippen molar-refractivity contribution in [1.29, 1.82) is 0 Å². The summed E-state index contributed by atoms with van der Waals surface area (Å²) in [5.41, 5.74) is 1.29. The van der Waals surface area contributed by atoms with E-state index >= 15 is 0 Å². The summed E-state index contributed by atoms with van der Waals surface area (Å²) in [7, 11) is 0. The fourth-order valence-electron chi connectivity index (χ4n) is 4.09. The van der Waals surface area contributed by atoms with Crippen LogP contribution in [0.5, 0.6) is 0 Å². The van der Waals surface area contributed by atoms with E-state index in [1.54, 1.807) is 12.1 Å². The number of ether oxygens (including phenoxy) is 2. The van der Waals surface area contributed by atoms with Crippen LogP contribution in [0.15, 0.2) is 34.9 Å². The van der Waals surface area contributed by atoms with Crippen molar-refractivity contribution in [2.24, 2.45) is 0 Å². The summed E-state index contributed by atoms with van der Waals surface area (Å²) in [6.45, 7) is 10.7. The number of halogens is 1. The minimum atomic E-state index is -0.249. The second-order valence-electron chi connectivity index (χ2n) is 8.63. The number of morpholine rings is 2. The van der Waals surface area contributed by atoms with Gasteiger partial charge in [-0.1, -0.05) is 12.1 Å². The Balaban J connectivity index is 1.30. The number of aromatic nitrogens is 1. The second kappa shape index (κ2) is 12.9. The van der Waals surface area contributed by atoms with Crippen LogP contribution in [0.3, 0.4) is 0 Å². The van der Waals surface area contributed by atoms with E-state index in [4.69, 9.17) is 13.9 Å². The molecule has 3 heterocycles. The monoisotopic (exact) mass is 475 g/mol. The number of nitrogens with zero attached hydrogens (tertiary/aromatic N) is 4. The lowest BCUT2D eigenvalue weighted by atomic mass is 10.2. The van der Waals surface area contributed by atoms with E-state index in [1.807, 2.05) is 0 Å². The first-order valence-corrected chi connectivity index (χ1v) is 12.0. The van der Waals surface area contributed by atoms with Crippen molar-refractivity contribution in [1.82, 2.24) is 25.0 Å². The molecular weight excluding hydrogens is 441 g/mol. The van der Waals surface area contributed by atoms with Gasteiger partial charge in [-0.2, -0.15) is 0 Å². The fourth-order valence-corrected chi connectivity index (χ4v) is 4.09. The number of hydrogen-bond donors (Lipinski definition) is 1. The normalized spacial score (nSPS) is 17.8. The lowest BCUT2D eigenvalue weighted by Gasteiger charge is -2.29. The predicted octanol–water partition coefficient (Wildman–Crippen LogP) is 1.21. The highest BCUT2D eigenvalue weighted by molar-refractivity contribution is 5.91. The number of rotatable bonds is 11. The van der Waals surface area contributed by atoms with Gasteiger partial charge in [-0.05, 0) is 17.7 Å². The van der Waals surface area contributed by atoms with Gasteiger partial charge in [-0.15, -0.1) is 0 Å². The molecule has 34 heavy (non-hydrogen) atoms. The minimum absolute atomic E-state index is 0.235. The summed E-state index contributed by atoms with van der Waals surface area (Å²) >= 11 is 0. The van der Waals surface area contributed by atoms with Gasteiger partial charge >= 0.3 is 0 Å². The molecule has 0 saturated carbocycles. The van der Waals surface area contributed by atoms with Crippen LogP contribution < -0.4 is 5.32 Å². The van der Waals surface area contributed by atoms with Gasteiger partial charge in [0.2, 0.25) is 5.89 Å². The van der Waals surface area contributed by atoms with Crippen molar-refractivity contribution in [3.63, 3.8) is 0 Å². The second-order valence-corrected chi connectivity index (χ2v) is 8.63. The standard InChI is InChI=1S/C24H34FN5O4/c25-21-3-1-20(2-4-21)17-30(8-7-29-11-15-33-16-12-29)18-23-27-22(19-34-23)24(31)26-5-6-28-9-13-32-14-10-28/h1-4,19H,5-18H2,(H,26,31). The van der Waals surface area contributed by atoms with Gasteiger partial charge in [-0.3, -0.25) is 19.5 Å². The van der Waals surface area contributed by atoms with Crippen molar-refractivity contribution in [2.75, 3.05) is 78.8 Å². The third kappa shape index (κ3) is 7.85. The van der Waals surface area contributed by atoms with Gasteiger partial charge in [0.25, 0.3) is 5.91 Å². The zero-order chi connectivity index (χ0) is 23.6. The number of benzene rings is 1. The van der Waals surface area contributed by atoms with E-state index in [1.165, 1.54) is 18.4 Å². The molecule has 1 N–H and O–H groups in total. The zero-order valence-electron chi connectivity index (χ0n) is 19.6. The molecule has 0 radical (unpaired) electrons. The molecule has 0 aliphatic carbocycles. The van der Waals surface area contributed by atoms with Gasteiger partial charge < -0.3 is 19.2 Å². The van der Waals surface area contributed by atoms with E-state index in [0.29, 0.717) is 25.5 Å². The quantitative estimate of drug-likeness (QED) is 0.519. The molecule has 2 saturated heterocycles. The van der Waals surface area contributed by atoms with Gasteiger partial charge in [0.05, 0.1) is 33.0 Å². The average Bonchev–Trinajstić information content (AvgIpc) is 3.34. The maximum atomic E-state index is 13.3. The van der Waals surface area contributed by atoms with E-state index in [9.17, 15) is 9.18 Å². The van der Waals surface area contributed by atoms with Gasteiger partial charge in [0, 0.05) is 58.9 Å². The highest BCUT2D eigenvalue weighted by Crippen LogP contribution is 2.12. The summed E-state index contributed by atoms with van der Waals surface area (Å²) in [6.07, 6.45) is 1.41. The first-order chi connectivity index (χ1) is 16.7. The number of nitrogens with one attached hydrogen (secondary N) is 1. The maximum Gasteiger partial charge on any atom is 0.273 e. The Labute approximate surface area is 199 Å². The molecule has 1 aromatic carbocycles. The molecule has 1 aromatic heterocycles. The summed E-state index contributed by atoms with van der Waals surface area (Å²) < 4.78 is 29.7. The Morgan fingerprint density at radius 1 is 0.971 bits per heavy atom. The molecule has 0 bridgehead atoms. The first kappa shape index (κ1) is 24.7. The van der Waals surface area contributed by atoms with E-state index in [0.717, 1.165) is 77.8 Å². The van der Waals surface area contributed by atoms with Crippen LogP contribution in [0.1, 0.15) is 21.9 Å². The highest BCUT2D eigenvalue weighted by atomic mass is 19.1. The molecule has 10 heteroatoms. The lowest BCUT2D eigenvalue weighted by molar-refractivity contribution is 0.0320. The van der Waals surface area contributed by atoms with Crippen molar-refractivity contribution in [2.45, 2.75) is 13.1 Å². The van der Waals surface area contributed by atoms with E-state index in [2.05, 4.69) is 25.0 Å². The summed E-state index contributed by atoms with van der Waals surface area (Å²) in [5.74, 6) is 0.00433. The molecule has 2 fully saturated rings. The number of amides is 1. The van der Waals surface area contributed by atoms with Crippen LogP contribution >= 0.6 is 0 Å². The molecule has 4 rings (SSSR count). The number of oxazole rings is 1. The molecule has 0 unspecified atom stereocenters. The molecule has 1 amide bonds. The molecule has 2 aliphatic rings. The molecular formula is C24H34FN5O4. The summed E-state index contributed by atoms with van der Waals surface area (Å²) in [5, 5.41) is 2.91. The third-order valence-electron chi connectivity index (χ3n) is 6.12. The summed E-state index contributed by atoms with van der Waals surface area (Å²) in [6, 6.07) is 6.53. The van der Waals surface area contributed by atoms with Crippen LogP contribution in [0, 0.1) is 5.82 Å². The number of carbonyl (C=O) groups excluding carboxylic acids is 1. The van der Waals surface area contributed by atoms with Crippen LogP contribution in [-0.4, -0.2) is 104 Å². The molecule has 9 nitrogen and oxygen atoms in total. The van der Waals surface area contributed by atoms with Crippen LogP contribution in [0.2, 0.25) is 0 Å². The molecule has 2 aliphatic heterocycles. The SMILES string of the molecule is O=C(NCCN1CCOCC1)c1coc(CN(CCN2CCOCC2)Cc2ccc(F)cc2)n1. The lowest BCUT2D eigenvalue weighted by Crippen LogP contribution is -2.41. The van der Waals surface area contributed by atoms with Crippen molar-refractivity contribution >= 4 is 5.91 Å². The maximum absolute atomic E-state index is 13.3. The number of hydrogen-bond acceptors (Lipinski definition) is 8. The van der Waals surface area contributed by atoms with Crippen LogP contribution in [-0.2, 0) is 22.6 Å². The van der Waals surface area contributed by atoms with Crippen LogP contribution in [0.25, 0.3) is 0 Å². The first-order valence-electron chi connectivity index (χ1n) is 12.0. The third-order valence-corrected chi connectivity index (χ3v) is 6.12. The van der Waals surface area contributed by atoms with Gasteiger partial charge in [-0.25, -0.2) is 9.37 Å². The Hall–Kier alpha value is -2.37. The predicted molar refractivity (Wildman–Crippen MR) is 124 cm³/mol. The highest BCUT2D eigenvalue weighted by Gasteiger charge is 2.18.